The number of nitrogens with zero attached hydrogens (tertiary/aromatic N) is 5. The first-order valence-electron chi connectivity index (χ1n) is 9.67. The van der Waals surface area contributed by atoms with Crippen molar-refractivity contribution in [2.45, 2.75) is 12.5 Å². The van der Waals surface area contributed by atoms with Gasteiger partial charge in [0.25, 0.3) is 0 Å². The third-order valence-electron chi connectivity index (χ3n) is 5.69. The number of fused-ring (bicyclic) bond motifs is 2. The number of anilines is 1. The van der Waals surface area contributed by atoms with E-state index in [-0.39, 0.29) is 11.1 Å². The van der Waals surface area contributed by atoms with Crippen molar-refractivity contribution < 1.29 is 9.50 Å². The van der Waals surface area contributed by atoms with Crippen molar-refractivity contribution in [2.24, 2.45) is 7.05 Å². The zero-order valence-corrected chi connectivity index (χ0v) is 17.3. The molecule has 0 radical (unpaired) electrons. The van der Waals surface area contributed by atoms with E-state index in [0.29, 0.717) is 33.2 Å². The smallest absolute Gasteiger partial charge is 0.193 e. The van der Waals surface area contributed by atoms with Gasteiger partial charge in [0, 0.05) is 49.2 Å². The van der Waals surface area contributed by atoms with Gasteiger partial charge in [0.1, 0.15) is 5.52 Å². The first-order chi connectivity index (χ1) is 14.4. The van der Waals surface area contributed by atoms with E-state index in [0.717, 1.165) is 25.2 Å². The Labute approximate surface area is 177 Å². The van der Waals surface area contributed by atoms with Gasteiger partial charge >= 0.3 is 0 Å². The minimum Gasteiger partial charge on any atom is -0.504 e. The number of pyridine rings is 2. The average Bonchev–Trinajstić information content (AvgIpc) is 3.39. The standard InChI is InChI=1S/C21H20ClFN6O/c1-28-10-11-5-15(20(30)18(23)19(11)27-28)17-7-16(22)14-6-13(9-25-21(14)26-17)29(2)12-3-4-24-8-12/h5-7,9-10,12,24,30H,3-4,8H2,1-2H3. The van der Waals surface area contributed by atoms with Crippen molar-refractivity contribution in [3.05, 3.63) is 41.4 Å². The summed E-state index contributed by atoms with van der Waals surface area (Å²) in [5, 5.41) is 19.5. The zero-order chi connectivity index (χ0) is 21.0. The van der Waals surface area contributed by atoms with Crippen molar-refractivity contribution in [3.8, 4) is 17.0 Å². The molecule has 7 nitrogen and oxygen atoms in total. The van der Waals surface area contributed by atoms with E-state index in [1.165, 1.54) is 4.68 Å². The Morgan fingerprint density at radius 1 is 1.33 bits per heavy atom. The maximum atomic E-state index is 14.6. The lowest BCUT2D eigenvalue weighted by Gasteiger charge is -2.25. The van der Waals surface area contributed by atoms with Crippen molar-refractivity contribution in [3.63, 3.8) is 0 Å². The second-order valence-corrected chi connectivity index (χ2v) is 8.05. The lowest BCUT2D eigenvalue weighted by molar-refractivity contribution is 0.437. The molecule has 4 heterocycles. The lowest BCUT2D eigenvalue weighted by atomic mass is 10.1. The molecule has 4 aromatic rings. The van der Waals surface area contributed by atoms with Crippen LogP contribution in [0.5, 0.6) is 5.75 Å². The molecule has 1 aromatic carbocycles. The minimum atomic E-state index is -0.781. The van der Waals surface area contributed by atoms with Crippen LogP contribution in [-0.2, 0) is 7.05 Å². The summed E-state index contributed by atoms with van der Waals surface area (Å²) in [6.45, 7) is 1.93. The molecule has 1 unspecified atom stereocenters. The van der Waals surface area contributed by atoms with Gasteiger partial charge in [-0.15, -0.1) is 0 Å². The molecule has 9 heteroatoms. The van der Waals surface area contributed by atoms with Gasteiger partial charge in [-0.1, -0.05) is 11.6 Å². The topological polar surface area (TPSA) is 79.1 Å². The van der Waals surface area contributed by atoms with Crippen LogP contribution in [0.4, 0.5) is 10.1 Å². The monoisotopic (exact) mass is 426 g/mol. The van der Waals surface area contributed by atoms with Crippen molar-refractivity contribution in [2.75, 3.05) is 25.0 Å². The number of phenols is 1. The number of benzene rings is 1. The number of aryl methyl sites for hydroxylation is 1. The van der Waals surface area contributed by atoms with Crippen LogP contribution in [0.1, 0.15) is 6.42 Å². The molecular formula is C21H20ClFN6O. The van der Waals surface area contributed by atoms with E-state index in [1.807, 2.05) is 13.1 Å². The summed E-state index contributed by atoms with van der Waals surface area (Å²) in [5.74, 6) is -1.29. The molecule has 0 aliphatic carbocycles. The number of nitrogens with one attached hydrogen (secondary N) is 1. The number of phenolic OH excluding ortho intramolecular Hbond substituents is 1. The van der Waals surface area contributed by atoms with Gasteiger partial charge in [0.2, 0.25) is 0 Å². The van der Waals surface area contributed by atoms with E-state index >= 15 is 0 Å². The van der Waals surface area contributed by atoms with Crippen molar-refractivity contribution >= 4 is 39.2 Å². The predicted octanol–water partition coefficient (Wildman–Crippen LogP) is 3.48. The summed E-state index contributed by atoms with van der Waals surface area (Å²) in [7, 11) is 3.74. The average molecular weight is 427 g/mol. The lowest BCUT2D eigenvalue weighted by Crippen LogP contribution is -2.33. The molecule has 1 saturated heterocycles. The number of halogens is 2. The summed E-state index contributed by atoms with van der Waals surface area (Å²) in [5.41, 5.74) is 2.10. The largest absolute Gasteiger partial charge is 0.504 e. The molecule has 0 spiro atoms. The number of aromatic hydroxyl groups is 1. The third-order valence-corrected chi connectivity index (χ3v) is 6.01. The van der Waals surface area contributed by atoms with Crippen LogP contribution in [0.15, 0.2) is 30.6 Å². The normalized spacial score (nSPS) is 16.6. The second-order valence-electron chi connectivity index (χ2n) is 7.64. The Morgan fingerprint density at radius 3 is 2.93 bits per heavy atom. The van der Waals surface area contributed by atoms with Gasteiger partial charge < -0.3 is 15.3 Å². The Kier molecular flexibility index (Phi) is 4.48. The van der Waals surface area contributed by atoms with Crippen LogP contribution in [0.3, 0.4) is 0 Å². The summed E-state index contributed by atoms with van der Waals surface area (Å²) < 4.78 is 16.1. The van der Waals surface area contributed by atoms with E-state index in [1.54, 1.807) is 31.6 Å². The Morgan fingerprint density at radius 2 is 2.17 bits per heavy atom. The van der Waals surface area contributed by atoms with E-state index in [4.69, 9.17) is 11.6 Å². The fraction of sp³-hybridized carbons (Fsp3) is 0.286. The molecule has 30 heavy (non-hydrogen) atoms. The van der Waals surface area contributed by atoms with Crippen molar-refractivity contribution in [1.29, 1.82) is 0 Å². The van der Waals surface area contributed by atoms with E-state index in [9.17, 15) is 9.50 Å². The zero-order valence-electron chi connectivity index (χ0n) is 16.5. The summed E-state index contributed by atoms with van der Waals surface area (Å²) in [4.78, 5) is 11.2. The molecule has 1 aliphatic rings. The van der Waals surface area contributed by atoms with Gasteiger partial charge in [0.15, 0.2) is 17.2 Å². The highest BCUT2D eigenvalue weighted by atomic mass is 35.5. The van der Waals surface area contributed by atoms with Gasteiger partial charge in [-0.3, -0.25) is 4.68 Å². The fourth-order valence-corrected chi connectivity index (χ4v) is 4.24. The number of aromatic nitrogens is 4. The molecular weight excluding hydrogens is 407 g/mol. The molecule has 0 saturated carbocycles. The van der Waals surface area contributed by atoms with Gasteiger partial charge in [-0.05, 0) is 31.2 Å². The highest BCUT2D eigenvalue weighted by Gasteiger charge is 2.22. The quantitative estimate of drug-likeness (QED) is 0.522. The first-order valence-corrected chi connectivity index (χ1v) is 10.0. The molecule has 2 N–H and O–H groups in total. The van der Waals surface area contributed by atoms with Gasteiger partial charge in [-0.2, -0.15) is 5.10 Å². The minimum absolute atomic E-state index is 0.109. The third kappa shape index (κ3) is 3.03. The molecule has 1 aliphatic heterocycles. The molecule has 1 fully saturated rings. The number of rotatable bonds is 3. The molecule has 154 valence electrons. The fourth-order valence-electron chi connectivity index (χ4n) is 4.00. The van der Waals surface area contributed by atoms with Crippen LogP contribution in [0, 0.1) is 5.82 Å². The van der Waals surface area contributed by atoms with E-state index in [2.05, 4.69) is 25.3 Å². The van der Waals surface area contributed by atoms with Crippen molar-refractivity contribution in [1.82, 2.24) is 25.1 Å². The summed E-state index contributed by atoms with van der Waals surface area (Å²) in [6.07, 6.45) is 4.52. The van der Waals surface area contributed by atoms with Crippen LogP contribution >= 0.6 is 11.6 Å². The van der Waals surface area contributed by atoms with Crippen LogP contribution in [0.2, 0.25) is 5.02 Å². The first kappa shape index (κ1) is 19.0. The Hall–Kier alpha value is -2.97. The van der Waals surface area contributed by atoms with Crippen LogP contribution in [-0.4, -0.2) is 51.0 Å². The maximum absolute atomic E-state index is 14.6. The summed E-state index contributed by atoms with van der Waals surface area (Å²) in [6, 6.07) is 5.65. The molecule has 3 aromatic heterocycles. The second kappa shape index (κ2) is 7.07. The number of hydrogen-bond acceptors (Lipinski definition) is 6. The highest BCUT2D eigenvalue weighted by Crippen LogP contribution is 2.38. The molecule has 1 atom stereocenters. The highest BCUT2D eigenvalue weighted by molar-refractivity contribution is 6.35. The Bertz CT molecular complexity index is 1280. The molecule has 0 amide bonds. The summed E-state index contributed by atoms with van der Waals surface area (Å²) >= 11 is 6.56. The SMILES string of the molecule is CN(c1cnc2nc(-c3cc4cn(C)nc4c(F)c3O)cc(Cl)c2c1)C1CCNC1. The van der Waals surface area contributed by atoms with E-state index < -0.39 is 11.6 Å². The Balaban J connectivity index is 1.61. The van der Waals surface area contributed by atoms with Gasteiger partial charge in [-0.25, -0.2) is 14.4 Å². The predicted molar refractivity (Wildman–Crippen MR) is 116 cm³/mol. The van der Waals surface area contributed by atoms with Crippen LogP contribution in [0.25, 0.3) is 33.2 Å². The molecule has 0 bridgehead atoms. The van der Waals surface area contributed by atoms with Crippen LogP contribution < -0.4 is 10.2 Å². The van der Waals surface area contributed by atoms with Gasteiger partial charge in [0.05, 0.1) is 22.6 Å². The number of likely N-dealkylation sites (N-methyl/N-ethyl adjacent to an activating group) is 1. The maximum Gasteiger partial charge on any atom is 0.193 e. The number of hydrogen-bond donors (Lipinski definition) is 2. The molecule has 5 rings (SSSR count).